The second kappa shape index (κ2) is 10.5. The average molecular weight is 567 g/mol. The molecule has 10 nitrogen and oxygen atoms in total. The molecule has 0 aliphatic carbocycles. The summed E-state index contributed by atoms with van der Waals surface area (Å²) in [5, 5.41) is 2.68. The molecule has 0 aromatic heterocycles. The number of benzene rings is 1. The highest BCUT2D eigenvalue weighted by Gasteiger charge is 2.42. The van der Waals surface area contributed by atoms with Crippen molar-refractivity contribution < 1.29 is 39.6 Å². The number of likely N-dealkylation sites (tertiary alicyclic amines) is 1. The van der Waals surface area contributed by atoms with Gasteiger partial charge in [0.05, 0.1) is 29.0 Å². The van der Waals surface area contributed by atoms with E-state index in [1.165, 1.54) is 17.0 Å². The number of amides is 2. The molecular formula is C22H29F3N4O6S2. The molecule has 4 rings (SSSR count). The van der Waals surface area contributed by atoms with Crippen LogP contribution >= 0.6 is 0 Å². The molecule has 37 heavy (non-hydrogen) atoms. The fourth-order valence-corrected chi connectivity index (χ4v) is 7.92. The Kier molecular flexibility index (Phi) is 7.89. The lowest BCUT2D eigenvalue weighted by atomic mass is 9.97. The Labute approximate surface area is 213 Å². The minimum Gasteiger partial charge on any atom is -0.350 e. The van der Waals surface area contributed by atoms with Gasteiger partial charge in [0.2, 0.25) is 11.8 Å². The van der Waals surface area contributed by atoms with Gasteiger partial charge in [-0.2, -0.15) is 30.6 Å². The summed E-state index contributed by atoms with van der Waals surface area (Å²) in [7, 11) is -7.17. The van der Waals surface area contributed by atoms with Crippen LogP contribution in [-0.4, -0.2) is 81.1 Å². The van der Waals surface area contributed by atoms with E-state index in [9.17, 15) is 39.6 Å². The molecule has 0 bridgehead atoms. The minimum atomic E-state index is -4.45. The number of nitrogens with one attached hydrogen (secondary N) is 2. The molecule has 2 N–H and O–H groups in total. The maximum absolute atomic E-state index is 13.3. The average Bonchev–Trinajstić information content (AvgIpc) is 3.30. The van der Waals surface area contributed by atoms with Gasteiger partial charge >= 0.3 is 6.18 Å². The molecule has 0 radical (unpaired) electrons. The Morgan fingerprint density at radius 1 is 1.03 bits per heavy atom. The maximum atomic E-state index is 13.3. The van der Waals surface area contributed by atoms with Gasteiger partial charge in [-0.25, -0.2) is 8.42 Å². The van der Waals surface area contributed by atoms with Gasteiger partial charge in [-0.15, -0.1) is 0 Å². The van der Waals surface area contributed by atoms with Crippen LogP contribution in [0.25, 0.3) is 0 Å². The lowest BCUT2D eigenvalue weighted by Crippen LogP contribution is -2.58. The fraction of sp³-hybridized carbons (Fsp3) is 0.636. The number of piperidine rings is 1. The molecule has 3 aliphatic heterocycles. The maximum Gasteiger partial charge on any atom is 0.416 e. The smallest absolute Gasteiger partial charge is 0.350 e. The summed E-state index contributed by atoms with van der Waals surface area (Å²) in [5.74, 6) is -1.88. The van der Waals surface area contributed by atoms with Gasteiger partial charge in [-0.3, -0.25) is 9.59 Å². The minimum absolute atomic E-state index is 0.00745. The molecule has 2 amide bonds. The number of hydrogen-bond acceptors (Lipinski definition) is 6. The number of sulfone groups is 1. The van der Waals surface area contributed by atoms with Crippen LogP contribution < -0.4 is 10.0 Å². The van der Waals surface area contributed by atoms with Crippen LogP contribution in [0.4, 0.5) is 13.2 Å². The summed E-state index contributed by atoms with van der Waals surface area (Å²) in [6.07, 6.45) is -2.53. The first kappa shape index (κ1) is 27.8. The standard InChI is InChI=1S/C22H29F3N4O6S2/c23-22(24,25)17-7-5-15(6-8-17)11-26-20(30)19-4-2-10-29(19)21(31)16-3-1-9-28(12-16)37(34,35)27-18-13-36(32,33)14-18/h5-8,16,18-19,27H,1-4,9-14H2,(H,26,30)/t16-,19+/m0/s1. The second-order valence-electron chi connectivity index (χ2n) is 9.70. The lowest BCUT2D eigenvalue weighted by molar-refractivity contribution is -0.142. The Bertz CT molecular complexity index is 1230. The highest BCUT2D eigenvalue weighted by molar-refractivity contribution is 7.93. The first-order valence-corrected chi connectivity index (χ1v) is 15.2. The van der Waals surface area contributed by atoms with E-state index < -0.39 is 55.7 Å². The van der Waals surface area contributed by atoms with Crippen molar-refractivity contribution in [3.63, 3.8) is 0 Å². The largest absolute Gasteiger partial charge is 0.416 e. The van der Waals surface area contributed by atoms with Crippen LogP contribution in [0.3, 0.4) is 0 Å². The number of rotatable bonds is 7. The molecule has 3 heterocycles. The van der Waals surface area contributed by atoms with Gasteiger partial charge in [-0.05, 0) is 43.4 Å². The highest BCUT2D eigenvalue weighted by Crippen LogP contribution is 2.29. The van der Waals surface area contributed by atoms with Crippen LogP contribution in [0.5, 0.6) is 0 Å². The molecule has 0 spiro atoms. The summed E-state index contributed by atoms with van der Waals surface area (Å²) in [6.45, 7) is 0.492. The predicted octanol–water partition coefficient (Wildman–Crippen LogP) is 0.656. The predicted molar refractivity (Wildman–Crippen MR) is 127 cm³/mol. The molecule has 1 aromatic rings. The Balaban J connectivity index is 1.33. The van der Waals surface area contributed by atoms with Crippen molar-refractivity contribution >= 4 is 31.9 Å². The monoisotopic (exact) mass is 566 g/mol. The van der Waals surface area contributed by atoms with Gasteiger partial charge in [0.25, 0.3) is 10.2 Å². The number of hydrogen-bond donors (Lipinski definition) is 2. The summed E-state index contributed by atoms with van der Waals surface area (Å²) in [5.41, 5.74) is -0.302. The van der Waals surface area contributed by atoms with E-state index in [1.54, 1.807) is 0 Å². The van der Waals surface area contributed by atoms with E-state index >= 15 is 0 Å². The number of nitrogens with zero attached hydrogens (tertiary/aromatic N) is 2. The molecule has 1 aromatic carbocycles. The van der Waals surface area contributed by atoms with E-state index in [0.717, 1.165) is 16.4 Å². The quantitative estimate of drug-likeness (QED) is 0.498. The van der Waals surface area contributed by atoms with Gasteiger partial charge < -0.3 is 10.2 Å². The van der Waals surface area contributed by atoms with Crippen LogP contribution in [-0.2, 0) is 42.4 Å². The molecule has 3 aliphatic rings. The Hall–Kier alpha value is -2.23. The van der Waals surface area contributed by atoms with Gasteiger partial charge in [0, 0.05) is 26.2 Å². The number of alkyl halides is 3. The molecule has 3 saturated heterocycles. The van der Waals surface area contributed by atoms with Crippen molar-refractivity contribution in [1.82, 2.24) is 19.2 Å². The fourth-order valence-electron chi connectivity index (χ4n) is 4.94. The summed E-state index contributed by atoms with van der Waals surface area (Å²) in [6, 6.07) is 3.02. The van der Waals surface area contributed by atoms with Crippen LogP contribution in [0.2, 0.25) is 0 Å². The molecule has 0 unspecified atom stereocenters. The van der Waals surface area contributed by atoms with E-state index in [0.29, 0.717) is 37.8 Å². The second-order valence-corrected chi connectivity index (χ2v) is 13.6. The normalized spacial score (nSPS) is 25.0. The number of halogens is 3. The zero-order valence-electron chi connectivity index (χ0n) is 19.9. The van der Waals surface area contributed by atoms with E-state index in [4.69, 9.17) is 0 Å². The molecule has 0 saturated carbocycles. The molecule has 2 atom stereocenters. The first-order valence-electron chi connectivity index (χ1n) is 12.0. The zero-order chi connectivity index (χ0) is 27.0. The molecule has 206 valence electrons. The van der Waals surface area contributed by atoms with Gasteiger partial charge in [0.1, 0.15) is 6.04 Å². The van der Waals surface area contributed by atoms with Crippen molar-refractivity contribution in [1.29, 1.82) is 0 Å². The van der Waals surface area contributed by atoms with Crippen molar-refractivity contribution in [3.05, 3.63) is 35.4 Å². The van der Waals surface area contributed by atoms with Crippen LogP contribution in [0.1, 0.15) is 36.8 Å². The van der Waals surface area contributed by atoms with Crippen molar-refractivity contribution in [3.8, 4) is 0 Å². The van der Waals surface area contributed by atoms with Crippen molar-refractivity contribution in [2.45, 2.75) is 50.5 Å². The van der Waals surface area contributed by atoms with Gasteiger partial charge in [0.15, 0.2) is 9.84 Å². The first-order chi connectivity index (χ1) is 17.2. The summed E-state index contributed by atoms with van der Waals surface area (Å²) >= 11 is 0. The number of carbonyl (C=O) groups excluding carboxylic acids is 2. The summed E-state index contributed by atoms with van der Waals surface area (Å²) < 4.78 is 89.9. The molecule has 15 heteroatoms. The van der Waals surface area contributed by atoms with Crippen LogP contribution in [0.15, 0.2) is 24.3 Å². The third kappa shape index (κ3) is 6.62. The van der Waals surface area contributed by atoms with E-state index in [1.807, 2.05) is 0 Å². The van der Waals surface area contributed by atoms with E-state index in [-0.39, 0.29) is 37.0 Å². The van der Waals surface area contributed by atoms with Gasteiger partial charge in [-0.1, -0.05) is 12.1 Å². The Morgan fingerprint density at radius 2 is 1.68 bits per heavy atom. The topological polar surface area (TPSA) is 133 Å². The third-order valence-electron chi connectivity index (χ3n) is 6.89. The van der Waals surface area contributed by atoms with Crippen LogP contribution in [0, 0.1) is 5.92 Å². The highest BCUT2D eigenvalue weighted by atomic mass is 32.2. The lowest BCUT2D eigenvalue weighted by Gasteiger charge is -2.36. The molecule has 3 fully saturated rings. The zero-order valence-corrected chi connectivity index (χ0v) is 21.5. The number of carbonyl (C=O) groups is 2. The van der Waals surface area contributed by atoms with Crippen molar-refractivity contribution in [2.75, 3.05) is 31.1 Å². The Morgan fingerprint density at radius 3 is 2.30 bits per heavy atom. The van der Waals surface area contributed by atoms with E-state index in [2.05, 4.69) is 10.0 Å². The third-order valence-corrected chi connectivity index (χ3v) is 10.3. The SMILES string of the molecule is O=C(NCc1ccc(C(F)(F)F)cc1)[C@H]1CCCN1C(=O)[C@H]1CCCN(S(=O)(=O)NC2CS(=O)(=O)C2)C1. The summed E-state index contributed by atoms with van der Waals surface area (Å²) in [4.78, 5) is 27.6. The van der Waals surface area contributed by atoms with Crippen molar-refractivity contribution in [2.24, 2.45) is 5.92 Å². The molecular weight excluding hydrogens is 537 g/mol.